The fourth-order valence-electron chi connectivity index (χ4n) is 1.78. The Hall–Kier alpha value is -1.40. The molecule has 118 valence electrons. The summed E-state index contributed by atoms with van der Waals surface area (Å²) >= 11 is 0. The van der Waals surface area contributed by atoms with Gasteiger partial charge in [0, 0.05) is 18.2 Å². The van der Waals surface area contributed by atoms with Crippen LogP contribution in [0.1, 0.15) is 33.6 Å². The third-order valence-electron chi connectivity index (χ3n) is 3.01. The zero-order valence-corrected chi connectivity index (χ0v) is 13.7. The van der Waals surface area contributed by atoms with Gasteiger partial charge in [0.15, 0.2) is 9.84 Å². The van der Waals surface area contributed by atoms with Gasteiger partial charge in [-0.25, -0.2) is 8.42 Å². The minimum atomic E-state index is -3.19. The Bertz CT molecular complexity index is 551. The molecule has 0 aliphatic rings. The maximum atomic E-state index is 11.7. The average Bonchev–Trinajstić information content (AvgIpc) is 2.44. The highest BCUT2D eigenvalue weighted by molar-refractivity contribution is 7.91. The van der Waals surface area contributed by atoms with Crippen LogP contribution in [0.25, 0.3) is 0 Å². The standard InChI is InChI=1S/C15H24N2O3S/c1-4-21(19,20)14-9-7-13(8-10-14)17-15(18)6-5-11-16-12(2)3/h7-10,12,16H,4-6,11H2,1-3H3,(H,17,18). The maximum Gasteiger partial charge on any atom is 0.224 e. The molecule has 0 spiro atoms. The van der Waals surface area contributed by atoms with Crippen molar-refractivity contribution in [3.8, 4) is 0 Å². The summed E-state index contributed by atoms with van der Waals surface area (Å²) in [6.45, 7) is 6.53. The van der Waals surface area contributed by atoms with E-state index in [0.29, 0.717) is 18.2 Å². The molecule has 0 aliphatic heterocycles. The molecule has 0 unspecified atom stereocenters. The number of rotatable bonds is 8. The van der Waals surface area contributed by atoms with Crippen molar-refractivity contribution < 1.29 is 13.2 Å². The van der Waals surface area contributed by atoms with Crippen LogP contribution in [0.5, 0.6) is 0 Å². The van der Waals surface area contributed by atoms with E-state index in [-0.39, 0.29) is 16.6 Å². The van der Waals surface area contributed by atoms with Crippen molar-refractivity contribution in [3.05, 3.63) is 24.3 Å². The SMILES string of the molecule is CCS(=O)(=O)c1ccc(NC(=O)CCCNC(C)C)cc1. The molecular formula is C15H24N2O3S. The van der Waals surface area contributed by atoms with Crippen molar-refractivity contribution in [2.24, 2.45) is 0 Å². The molecule has 0 aromatic heterocycles. The van der Waals surface area contributed by atoms with E-state index in [9.17, 15) is 13.2 Å². The lowest BCUT2D eigenvalue weighted by Gasteiger charge is -2.09. The van der Waals surface area contributed by atoms with Gasteiger partial charge in [-0.3, -0.25) is 4.79 Å². The Balaban J connectivity index is 2.47. The highest BCUT2D eigenvalue weighted by Gasteiger charge is 2.11. The highest BCUT2D eigenvalue weighted by atomic mass is 32.2. The Morgan fingerprint density at radius 2 is 1.81 bits per heavy atom. The van der Waals surface area contributed by atoms with Gasteiger partial charge >= 0.3 is 0 Å². The summed E-state index contributed by atoms with van der Waals surface area (Å²) in [5, 5.41) is 6.01. The third-order valence-corrected chi connectivity index (χ3v) is 4.76. The molecule has 0 saturated heterocycles. The van der Waals surface area contributed by atoms with E-state index in [1.54, 1.807) is 19.1 Å². The van der Waals surface area contributed by atoms with E-state index in [1.165, 1.54) is 12.1 Å². The summed E-state index contributed by atoms with van der Waals surface area (Å²) in [7, 11) is -3.19. The predicted molar refractivity (Wildman–Crippen MR) is 85.2 cm³/mol. The Kier molecular flexibility index (Phi) is 6.84. The molecule has 1 rings (SSSR count). The largest absolute Gasteiger partial charge is 0.326 e. The molecule has 6 heteroatoms. The molecule has 21 heavy (non-hydrogen) atoms. The van der Waals surface area contributed by atoms with Gasteiger partial charge in [0.25, 0.3) is 0 Å². The molecule has 0 saturated carbocycles. The second-order valence-corrected chi connectivity index (χ2v) is 7.47. The van der Waals surface area contributed by atoms with Crippen molar-refractivity contribution >= 4 is 21.4 Å². The van der Waals surface area contributed by atoms with Gasteiger partial charge in [0.05, 0.1) is 10.6 Å². The van der Waals surface area contributed by atoms with E-state index in [0.717, 1.165) is 13.0 Å². The number of anilines is 1. The normalized spacial score (nSPS) is 11.6. The van der Waals surface area contributed by atoms with Crippen LogP contribution < -0.4 is 10.6 Å². The molecule has 5 nitrogen and oxygen atoms in total. The minimum absolute atomic E-state index is 0.0633. The van der Waals surface area contributed by atoms with Crippen LogP contribution in [-0.2, 0) is 14.6 Å². The third kappa shape index (κ3) is 6.27. The Morgan fingerprint density at radius 3 is 2.33 bits per heavy atom. The number of carbonyl (C=O) groups is 1. The number of amides is 1. The molecule has 1 aromatic rings. The van der Waals surface area contributed by atoms with E-state index in [2.05, 4.69) is 24.5 Å². The first-order chi connectivity index (χ1) is 9.85. The zero-order chi connectivity index (χ0) is 15.9. The molecule has 0 radical (unpaired) electrons. The number of carbonyl (C=O) groups excluding carboxylic acids is 1. The van der Waals surface area contributed by atoms with Crippen LogP contribution in [-0.4, -0.2) is 32.7 Å². The molecule has 0 fully saturated rings. The van der Waals surface area contributed by atoms with Crippen LogP contribution in [0.15, 0.2) is 29.2 Å². The molecular weight excluding hydrogens is 288 g/mol. The number of sulfone groups is 1. The highest BCUT2D eigenvalue weighted by Crippen LogP contribution is 2.15. The van der Waals surface area contributed by atoms with E-state index in [4.69, 9.17) is 0 Å². The van der Waals surface area contributed by atoms with Crippen molar-refractivity contribution in [1.29, 1.82) is 0 Å². The predicted octanol–water partition coefficient (Wildman–Crippen LogP) is 2.20. The van der Waals surface area contributed by atoms with Gasteiger partial charge in [-0.1, -0.05) is 20.8 Å². The number of hydrogen-bond acceptors (Lipinski definition) is 4. The first-order valence-electron chi connectivity index (χ1n) is 7.21. The molecule has 1 aromatic carbocycles. The van der Waals surface area contributed by atoms with Gasteiger partial charge in [0.2, 0.25) is 5.91 Å². The maximum absolute atomic E-state index is 11.7. The van der Waals surface area contributed by atoms with Crippen LogP contribution in [0.2, 0.25) is 0 Å². The van der Waals surface area contributed by atoms with E-state index < -0.39 is 9.84 Å². The van der Waals surface area contributed by atoms with Gasteiger partial charge in [0.1, 0.15) is 0 Å². The summed E-state index contributed by atoms with van der Waals surface area (Å²) in [6.07, 6.45) is 1.21. The second-order valence-electron chi connectivity index (χ2n) is 5.19. The molecule has 0 aliphatic carbocycles. The minimum Gasteiger partial charge on any atom is -0.326 e. The van der Waals surface area contributed by atoms with Gasteiger partial charge in [-0.05, 0) is 37.2 Å². The quantitative estimate of drug-likeness (QED) is 0.722. The lowest BCUT2D eigenvalue weighted by atomic mass is 10.2. The molecule has 1 amide bonds. The zero-order valence-electron chi connectivity index (χ0n) is 12.8. The Morgan fingerprint density at radius 1 is 1.19 bits per heavy atom. The van der Waals surface area contributed by atoms with Crippen LogP contribution >= 0.6 is 0 Å². The van der Waals surface area contributed by atoms with Crippen LogP contribution in [0.4, 0.5) is 5.69 Å². The van der Waals surface area contributed by atoms with Gasteiger partial charge in [-0.15, -0.1) is 0 Å². The first kappa shape index (κ1) is 17.7. The molecule has 0 bridgehead atoms. The molecule has 0 atom stereocenters. The average molecular weight is 312 g/mol. The van der Waals surface area contributed by atoms with Crippen molar-refractivity contribution in [1.82, 2.24) is 5.32 Å². The van der Waals surface area contributed by atoms with Gasteiger partial charge in [-0.2, -0.15) is 0 Å². The topological polar surface area (TPSA) is 75.3 Å². The number of benzene rings is 1. The summed E-state index contributed by atoms with van der Waals surface area (Å²) in [5.41, 5.74) is 0.617. The smallest absolute Gasteiger partial charge is 0.224 e. The van der Waals surface area contributed by atoms with E-state index >= 15 is 0 Å². The van der Waals surface area contributed by atoms with Crippen LogP contribution in [0, 0.1) is 0 Å². The summed E-state index contributed by atoms with van der Waals surface area (Å²) in [6, 6.07) is 6.70. The van der Waals surface area contributed by atoms with Crippen molar-refractivity contribution in [3.63, 3.8) is 0 Å². The number of hydrogen-bond donors (Lipinski definition) is 2. The van der Waals surface area contributed by atoms with Crippen molar-refractivity contribution in [2.45, 2.75) is 44.6 Å². The summed E-state index contributed by atoms with van der Waals surface area (Å²) in [5.74, 6) is 0.00771. The van der Waals surface area contributed by atoms with E-state index in [1.807, 2.05) is 0 Å². The summed E-state index contributed by atoms with van der Waals surface area (Å²) < 4.78 is 23.3. The second kappa shape index (κ2) is 8.14. The molecule has 2 N–H and O–H groups in total. The Labute approximate surface area is 127 Å². The number of nitrogens with one attached hydrogen (secondary N) is 2. The van der Waals surface area contributed by atoms with Crippen molar-refractivity contribution in [2.75, 3.05) is 17.6 Å². The molecule has 0 heterocycles. The monoisotopic (exact) mass is 312 g/mol. The first-order valence-corrected chi connectivity index (χ1v) is 8.86. The fraction of sp³-hybridized carbons (Fsp3) is 0.533. The fourth-order valence-corrected chi connectivity index (χ4v) is 2.66. The van der Waals surface area contributed by atoms with Crippen LogP contribution in [0.3, 0.4) is 0 Å². The lowest BCUT2D eigenvalue weighted by molar-refractivity contribution is -0.116. The lowest BCUT2D eigenvalue weighted by Crippen LogP contribution is -2.24. The summed E-state index contributed by atoms with van der Waals surface area (Å²) in [4.78, 5) is 12.0. The van der Waals surface area contributed by atoms with Gasteiger partial charge < -0.3 is 10.6 Å².